The molecular formula is C15H28N2O3S. The second-order valence-electron chi connectivity index (χ2n) is 6.04. The largest absolute Gasteiger partial charge is 0.480 e. The van der Waals surface area contributed by atoms with Gasteiger partial charge in [0.25, 0.3) is 0 Å². The summed E-state index contributed by atoms with van der Waals surface area (Å²) < 4.78 is 0. The third-order valence-electron chi connectivity index (χ3n) is 4.21. The topological polar surface area (TPSA) is 69.6 Å². The van der Waals surface area contributed by atoms with Gasteiger partial charge in [-0.2, -0.15) is 11.8 Å². The molecular weight excluding hydrogens is 288 g/mol. The molecule has 1 aliphatic heterocycles. The first kappa shape index (κ1) is 18.1. The molecule has 5 nitrogen and oxygen atoms in total. The molecule has 1 rings (SSSR count). The number of rotatable bonds is 6. The number of carboxylic acid groups (broad SMARTS) is 1. The smallest absolute Gasteiger partial charge is 0.326 e. The van der Waals surface area contributed by atoms with Gasteiger partial charge in [0, 0.05) is 13.1 Å². The van der Waals surface area contributed by atoms with E-state index in [1.165, 1.54) is 0 Å². The Bertz CT molecular complexity index is 350. The first-order chi connectivity index (χ1) is 9.95. The van der Waals surface area contributed by atoms with Gasteiger partial charge in [0.05, 0.1) is 0 Å². The summed E-state index contributed by atoms with van der Waals surface area (Å²) in [5, 5.41) is 11.8. The van der Waals surface area contributed by atoms with Crippen LogP contribution in [0.1, 0.15) is 39.5 Å². The number of likely N-dealkylation sites (tertiary alicyclic amines) is 1. The molecule has 0 aliphatic carbocycles. The maximum absolute atomic E-state index is 12.3. The summed E-state index contributed by atoms with van der Waals surface area (Å²) in [4.78, 5) is 25.2. The Balaban J connectivity index is 2.51. The number of carboxylic acids is 1. The van der Waals surface area contributed by atoms with Crippen LogP contribution in [0.15, 0.2) is 0 Å². The SMILES string of the molecule is CSCCC(NC(=O)N1CCCC(C(C)C)CC1)C(=O)O. The van der Waals surface area contributed by atoms with Crippen molar-refractivity contribution in [3.8, 4) is 0 Å². The van der Waals surface area contributed by atoms with Crippen molar-refractivity contribution in [2.45, 2.75) is 45.6 Å². The van der Waals surface area contributed by atoms with Crippen molar-refractivity contribution < 1.29 is 14.7 Å². The van der Waals surface area contributed by atoms with Gasteiger partial charge in [0.15, 0.2) is 0 Å². The molecule has 0 saturated carbocycles. The number of hydrogen-bond donors (Lipinski definition) is 2. The first-order valence-corrected chi connectivity index (χ1v) is 9.12. The highest BCUT2D eigenvalue weighted by molar-refractivity contribution is 7.98. The van der Waals surface area contributed by atoms with Crippen LogP contribution in [-0.4, -0.2) is 53.1 Å². The van der Waals surface area contributed by atoms with Gasteiger partial charge in [0.2, 0.25) is 0 Å². The molecule has 0 bridgehead atoms. The summed E-state index contributed by atoms with van der Waals surface area (Å²) in [7, 11) is 0. The molecule has 122 valence electrons. The standard InChI is InChI=1S/C15H28N2O3S/c1-11(2)12-5-4-8-17(9-6-12)15(20)16-13(14(18)19)7-10-21-3/h11-13H,4-10H2,1-3H3,(H,16,20)(H,18,19). The van der Waals surface area contributed by atoms with E-state index in [4.69, 9.17) is 0 Å². The monoisotopic (exact) mass is 316 g/mol. The highest BCUT2D eigenvalue weighted by Gasteiger charge is 2.25. The van der Waals surface area contributed by atoms with Gasteiger partial charge in [-0.3, -0.25) is 0 Å². The van der Waals surface area contributed by atoms with E-state index < -0.39 is 12.0 Å². The second-order valence-corrected chi connectivity index (χ2v) is 7.03. The van der Waals surface area contributed by atoms with E-state index in [1.807, 2.05) is 6.26 Å². The average Bonchev–Trinajstić information content (AvgIpc) is 2.68. The predicted molar refractivity (Wildman–Crippen MR) is 86.7 cm³/mol. The third-order valence-corrected chi connectivity index (χ3v) is 4.85. The van der Waals surface area contributed by atoms with Crippen LogP contribution < -0.4 is 5.32 Å². The summed E-state index contributed by atoms with van der Waals surface area (Å²) in [5.41, 5.74) is 0. The Morgan fingerprint density at radius 3 is 2.62 bits per heavy atom. The molecule has 0 aromatic rings. The number of thioether (sulfide) groups is 1. The normalized spacial score (nSPS) is 21.0. The number of carbonyl (C=O) groups is 2. The van der Waals surface area contributed by atoms with Crippen LogP contribution in [0.25, 0.3) is 0 Å². The number of nitrogens with zero attached hydrogens (tertiary/aromatic N) is 1. The van der Waals surface area contributed by atoms with E-state index in [9.17, 15) is 14.7 Å². The van der Waals surface area contributed by atoms with Gasteiger partial charge >= 0.3 is 12.0 Å². The van der Waals surface area contributed by atoms with Crippen LogP contribution in [0.4, 0.5) is 4.79 Å². The van der Waals surface area contributed by atoms with Gasteiger partial charge in [-0.15, -0.1) is 0 Å². The minimum atomic E-state index is -0.952. The highest BCUT2D eigenvalue weighted by Crippen LogP contribution is 2.24. The van der Waals surface area contributed by atoms with Crippen LogP contribution in [-0.2, 0) is 4.79 Å². The lowest BCUT2D eigenvalue weighted by Gasteiger charge is -2.24. The molecule has 2 unspecified atom stereocenters. The molecule has 2 atom stereocenters. The van der Waals surface area contributed by atoms with Crippen molar-refractivity contribution in [3.05, 3.63) is 0 Å². The second kappa shape index (κ2) is 9.18. The lowest BCUT2D eigenvalue weighted by Crippen LogP contribution is -2.48. The van der Waals surface area contributed by atoms with E-state index in [0.717, 1.165) is 38.1 Å². The first-order valence-electron chi connectivity index (χ1n) is 7.72. The predicted octanol–water partition coefficient (Wildman–Crippen LogP) is 2.66. The number of aliphatic carboxylic acids is 1. The molecule has 6 heteroatoms. The molecule has 1 heterocycles. The summed E-state index contributed by atoms with van der Waals surface area (Å²) in [6.07, 6.45) is 5.55. The molecule has 2 N–H and O–H groups in total. The summed E-state index contributed by atoms with van der Waals surface area (Å²) in [6.45, 7) is 5.90. The molecule has 21 heavy (non-hydrogen) atoms. The number of hydrogen-bond acceptors (Lipinski definition) is 3. The molecule has 1 aliphatic rings. The maximum atomic E-state index is 12.3. The van der Waals surface area contributed by atoms with Crippen molar-refractivity contribution in [3.63, 3.8) is 0 Å². The number of nitrogens with one attached hydrogen (secondary N) is 1. The van der Waals surface area contributed by atoms with E-state index in [2.05, 4.69) is 19.2 Å². The number of carbonyl (C=O) groups excluding carboxylic acids is 1. The maximum Gasteiger partial charge on any atom is 0.326 e. The Morgan fingerprint density at radius 1 is 1.33 bits per heavy atom. The van der Waals surface area contributed by atoms with Gasteiger partial charge in [-0.1, -0.05) is 13.8 Å². The lowest BCUT2D eigenvalue weighted by molar-refractivity contribution is -0.139. The summed E-state index contributed by atoms with van der Waals surface area (Å²) >= 11 is 1.59. The molecule has 0 spiro atoms. The van der Waals surface area contributed by atoms with Gasteiger partial charge in [0.1, 0.15) is 6.04 Å². The van der Waals surface area contributed by atoms with Crippen LogP contribution in [0.3, 0.4) is 0 Å². The summed E-state index contributed by atoms with van der Waals surface area (Å²) in [6, 6.07) is -1.01. The quantitative estimate of drug-likeness (QED) is 0.790. The summed E-state index contributed by atoms with van der Waals surface area (Å²) in [5.74, 6) is 1.08. The highest BCUT2D eigenvalue weighted by atomic mass is 32.2. The Hall–Kier alpha value is -0.910. The molecule has 2 amide bonds. The zero-order valence-corrected chi connectivity index (χ0v) is 14.1. The van der Waals surface area contributed by atoms with Crippen molar-refractivity contribution in [2.24, 2.45) is 11.8 Å². The fraction of sp³-hybridized carbons (Fsp3) is 0.867. The van der Waals surface area contributed by atoms with Crippen LogP contribution in [0.2, 0.25) is 0 Å². The van der Waals surface area contributed by atoms with Crippen molar-refractivity contribution in [2.75, 3.05) is 25.1 Å². The van der Waals surface area contributed by atoms with Gasteiger partial charge in [-0.05, 0) is 49.5 Å². The molecule has 0 aromatic carbocycles. The van der Waals surface area contributed by atoms with Crippen LogP contribution in [0.5, 0.6) is 0 Å². The van der Waals surface area contributed by atoms with Crippen molar-refractivity contribution in [1.82, 2.24) is 10.2 Å². The Kier molecular flexibility index (Phi) is 7.93. The van der Waals surface area contributed by atoms with E-state index in [0.29, 0.717) is 18.3 Å². The van der Waals surface area contributed by atoms with Crippen molar-refractivity contribution in [1.29, 1.82) is 0 Å². The van der Waals surface area contributed by atoms with Crippen molar-refractivity contribution >= 4 is 23.8 Å². The minimum absolute atomic E-state index is 0.229. The van der Waals surface area contributed by atoms with E-state index in [1.54, 1.807) is 16.7 Å². The number of urea groups is 1. The third kappa shape index (κ3) is 6.16. The molecule has 1 saturated heterocycles. The minimum Gasteiger partial charge on any atom is -0.480 e. The van der Waals surface area contributed by atoms with Gasteiger partial charge in [-0.25, -0.2) is 9.59 Å². The van der Waals surface area contributed by atoms with Gasteiger partial charge < -0.3 is 15.3 Å². The van der Waals surface area contributed by atoms with E-state index in [-0.39, 0.29) is 6.03 Å². The molecule has 0 aromatic heterocycles. The Morgan fingerprint density at radius 2 is 2.05 bits per heavy atom. The lowest BCUT2D eigenvalue weighted by atomic mass is 9.89. The number of amides is 2. The zero-order chi connectivity index (χ0) is 15.8. The fourth-order valence-electron chi connectivity index (χ4n) is 2.73. The fourth-order valence-corrected chi connectivity index (χ4v) is 3.20. The Labute approximate surface area is 131 Å². The van der Waals surface area contributed by atoms with E-state index >= 15 is 0 Å². The molecule has 1 fully saturated rings. The molecule has 0 radical (unpaired) electrons. The average molecular weight is 316 g/mol. The van der Waals surface area contributed by atoms with Crippen LogP contribution in [0, 0.1) is 11.8 Å². The zero-order valence-electron chi connectivity index (χ0n) is 13.3. The van der Waals surface area contributed by atoms with Crippen LogP contribution >= 0.6 is 11.8 Å².